The summed E-state index contributed by atoms with van der Waals surface area (Å²) in [6, 6.07) is 9.91. The van der Waals surface area contributed by atoms with Crippen molar-refractivity contribution in [3.05, 3.63) is 58.3 Å². The average Bonchev–Trinajstić information content (AvgIpc) is 3.53. The molecule has 0 bridgehead atoms. The molecule has 2 aromatic heterocycles. The van der Waals surface area contributed by atoms with Crippen molar-refractivity contribution in [3.63, 3.8) is 0 Å². The predicted molar refractivity (Wildman–Crippen MR) is 122 cm³/mol. The number of rotatable bonds is 2. The number of ether oxygens (including phenoxy) is 1. The van der Waals surface area contributed by atoms with Crippen LogP contribution in [0.2, 0.25) is 0 Å². The van der Waals surface area contributed by atoms with Gasteiger partial charge in [0.05, 0.1) is 22.3 Å². The number of thiazole rings is 1. The lowest BCUT2D eigenvalue weighted by Crippen LogP contribution is -2.22. The maximum Gasteiger partial charge on any atom is 0.322 e. The number of amides is 4. The minimum atomic E-state index is -0.773. The first kappa shape index (κ1) is 21.0. The number of aromatic nitrogens is 1. The molecule has 2 aliphatic rings. The minimum Gasteiger partial charge on any atom is -0.497 e. The Balaban J connectivity index is 0.000000152. The fourth-order valence-electron chi connectivity index (χ4n) is 3.95. The van der Waals surface area contributed by atoms with Crippen LogP contribution in [0.1, 0.15) is 32.7 Å². The maximum atomic E-state index is 11.7. The summed E-state index contributed by atoms with van der Waals surface area (Å²) in [4.78, 5) is 40.6. The van der Waals surface area contributed by atoms with Crippen molar-refractivity contribution in [2.45, 2.75) is 19.5 Å². The van der Waals surface area contributed by atoms with Gasteiger partial charge < -0.3 is 19.4 Å². The van der Waals surface area contributed by atoms with Gasteiger partial charge >= 0.3 is 6.03 Å². The zero-order valence-corrected chi connectivity index (χ0v) is 18.9. The van der Waals surface area contributed by atoms with Crippen LogP contribution in [0, 0.1) is 6.92 Å². The van der Waals surface area contributed by atoms with Crippen molar-refractivity contribution >= 4 is 50.4 Å². The van der Waals surface area contributed by atoms with Gasteiger partial charge in [-0.3, -0.25) is 14.9 Å². The molecule has 1 fully saturated rings. The lowest BCUT2D eigenvalue weighted by molar-refractivity contribution is -0.120. The molecule has 9 nitrogen and oxygen atoms in total. The minimum absolute atomic E-state index is 0.0777. The second kappa shape index (κ2) is 7.89. The van der Waals surface area contributed by atoms with Crippen LogP contribution in [-0.4, -0.2) is 41.9 Å². The lowest BCUT2D eigenvalue weighted by atomic mass is 10.1. The molecule has 1 unspecified atom stereocenters. The molecule has 2 aromatic carbocycles. The number of fused-ring (bicyclic) bond motifs is 4. The van der Waals surface area contributed by atoms with E-state index in [1.54, 1.807) is 42.5 Å². The SMILES string of the molecule is COc1ccc2c(c1)C(=O)N(C)C2.Cc1nc2c(ccc3oc(C4NC(=O)NC4=O)cc32)s1. The highest BCUT2D eigenvalue weighted by Crippen LogP contribution is 2.33. The molecule has 1 atom stereocenters. The van der Waals surface area contributed by atoms with Crippen LogP contribution in [0.3, 0.4) is 0 Å². The highest BCUT2D eigenvalue weighted by molar-refractivity contribution is 7.18. The van der Waals surface area contributed by atoms with Gasteiger partial charge in [0, 0.05) is 24.5 Å². The van der Waals surface area contributed by atoms with Crippen LogP contribution in [0.4, 0.5) is 4.79 Å². The van der Waals surface area contributed by atoms with Gasteiger partial charge in [-0.05, 0) is 42.8 Å². The Bertz CT molecular complexity index is 1440. The largest absolute Gasteiger partial charge is 0.497 e. The first-order chi connectivity index (χ1) is 15.8. The number of benzene rings is 2. The summed E-state index contributed by atoms with van der Waals surface area (Å²) in [6.45, 7) is 2.65. The van der Waals surface area contributed by atoms with Crippen molar-refractivity contribution in [2.75, 3.05) is 14.2 Å². The van der Waals surface area contributed by atoms with Crippen molar-refractivity contribution in [1.82, 2.24) is 20.5 Å². The van der Waals surface area contributed by atoms with Crippen LogP contribution in [0.5, 0.6) is 5.75 Å². The highest BCUT2D eigenvalue weighted by Gasteiger charge is 2.33. The van der Waals surface area contributed by atoms with E-state index in [1.165, 1.54) is 0 Å². The van der Waals surface area contributed by atoms with E-state index in [1.807, 2.05) is 31.2 Å². The molecule has 2 N–H and O–H groups in total. The predicted octanol–water partition coefficient (Wildman–Crippen LogP) is 3.51. The number of aryl methyl sites for hydroxylation is 1. The van der Waals surface area contributed by atoms with E-state index < -0.39 is 18.0 Å². The van der Waals surface area contributed by atoms with Crippen LogP contribution >= 0.6 is 11.3 Å². The number of carbonyl (C=O) groups excluding carboxylic acids is 3. The van der Waals surface area contributed by atoms with E-state index in [0.29, 0.717) is 17.9 Å². The monoisotopic (exact) mass is 464 g/mol. The summed E-state index contributed by atoms with van der Waals surface area (Å²) in [5, 5.41) is 6.54. The van der Waals surface area contributed by atoms with Crippen molar-refractivity contribution < 1.29 is 23.5 Å². The zero-order chi connectivity index (χ0) is 23.3. The van der Waals surface area contributed by atoms with Gasteiger partial charge in [0.25, 0.3) is 11.8 Å². The summed E-state index contributed by atoms with van der Waals surface area (Å²) in [5.41, 5.74) is 3.37. The number of nitrogens with zero attached hydrogens (tertiary/aromatic N) is 2. The summed E-state index contributed by atoms with van der Waals surface area (Å²) in [5.74, 6) is 0.831. The Morgan fingerprint density at radius 1 is 1.18 bits per heavy atom. The van der Waals surface area contributed by atoms with Gasteiger partial charge in [-0.25, -0.2) is 9.78 Å². The third-order valence-corrected chi connectivity index (χ3v) is 6.48. The smallest absolute Gasteiger partial charge is 0.322 e. The number of nitrogens with one attached hydrogen (secondary N) is 2. The molecule has 1 saturated heterocycles. The molecule has 0 spiro atoms. The molecule has 10 heteroatoms. The van der Waals surface area contributed by atoms with Crippen LogP contribution in [-0.2, 0) is 11.3 Å². The topological polar surface area (TPSA) is 114 Å². The standard InChI is InChI=1S/C13H9N3O3S.C10H11NO2/c1-5-14-10-6-4-8(11-12(17)16-13(18)15-11)19-7(6)2-3-9(10)20-5;1-11-6-7-3-4-8(13-2)5-9(7)10(11)12/h2-4,11H,1H3,(H2,15,16,17,18);3-5H,6H2,1-2H3. The summed E-state index contributed by atoms with van der Waals surface area (Å²) >= 11 is 1.61. The van der Waals surface area contributed by atoms with Crippen molar-refractivity contribution in [3.8, 4) is 5.75 Å². The number of hydrogen-bond donors (Lipinski definition) is 2. The third-order valence-electron chi connectivity index (χ3n) is 5.54. The van der Waals surface area contributed by atoms with Crippen LogP contribution < -0.4 is 15.4 Å². The lowest BCUT2D eigenvalue weighted by Gasteiger charge is -2.04. The fraction of sp³-hybridized carbons (Fsp3) is 0.217. The second-order valence-electron chi connectivity index (χ2n) is 7.79. The molecular formula is C23H20N4O5S. The average molecular weight is 465 g/mol. The number of methoxy groups -OCH3 is 1. The first-order valence-electron chi connectivity index (χ1n) is 10.2. The normalized spacial score (nSPS) is 17.1. The molecule has 0 saturated carbocycles. The van der Waals surface area contributed by atoms with E-state index >= 15 is 0 Å². The Morgan fingerprint density at radius 2 is 2.00 bits per heavy atom. The van der Waals surface area contributed by atoms with Crippen molar-refractivity contribution in [1.29, 1.82) is 0 Å². The van der Waals surface area contributed by atoms with Gasteiger partial charge in [0.2, 0.25) is 0 Å². The molecule has 0 radical (unpaired) electrons. The Kier molecular flexibility index (Phi) is 5.01. The van der Waals surface area contributed by atoms with E-state index in [-0.39, 0.29) is 5.91 Å². The fourth-order valence-corrected chi connectivity index (χ4v) is 4.79. The zero-order valence-electron chi connectivity index (χ0n) is 18.1. The Labute approximate surface area is 192 Å². The number of hydrogen-bond acceptors (Lipinski definition) is 7. The molecule has 4 aromatic rings. The van der Waals surface area contributed by atoms with Gasteiger partial charge in [-0.1, -0.05) is 6.07 Å². The molecule has 168 valence electrons. The summed E-state index contributed by atoms with van der Waals surface area (Å²) < 4.78 is 11.8. The molecule has 33 heavy (non-hydrogen) atoms. The summed E-state index contributed by atoms with van der Waals surface area (Å²) in [6.07, 6.45) is 0. The number of furan rings is 1. The van der Waals surface area contributed by atoms with E-state index in [9.17, 15) is 14.4 Å². The molecule has 0 aliphatic carbocycles. The highest BCUT2D eigenvalue weighted by atomic mass is 32.1. The Hall–Kier alpha value is -3.92. The molecule has 6 rings (SSSR count). The molecule has 4 heterocycles. The Morgan fingerprint density at radius 3 is 2.73 bits per heavy atom. The van der Waals surface area contributed by atoms with E-state index in [4.69, 9.17) is 9.15 Å². The summed E-state index contributed by atoms with van der Waals surface area (Å²) in [7, 11) is 3.40. The number of urea groups is 1. The second-order valence-corrected chi connectivity index (χ2v) is 9.02. The van der Waals surface area contributed by atoms with E-state index in [0.717, 1.165) is 37.5 Å². The van der Waals surface area contributed by atoms with Gasteiger partial charge in [0.1, 0.15) is 17.1 Å². The van der Waals surface area contributed by atoms with Crippen LogP contribution in [0.25, 0.3) is 21.2 Å². The number of imide groups is 1. The maximum absolute atomic E-state index is 11.7. The van der Waals surface area contributed by atoms with Gasteiger partial charge in [0.15, 0.2) is 6.04 Å². The molecule has 2 aliphatic heterocycles. The van der Waals surface area contributed by atoms with Gasteiger partial charge in [-0.2, -0.15) is 0 Å². The molecular weight excluding hydrogens is 444 g/mol. The van der Waals surface area contributed by atoms with Crippen LogP contribution in [0.15, 0.2) is 40.8 Å². The molecule has 4 amide bonds. The van der Waals surface area contributed by atoms with Crippen molar-refractivity contribution in [2.24, 2.45) is 0 Å². The number of carbonyl (C=O) groups is 3. The first-order valence-corrected chi connectivity index (χ1v) is 11.0. The quantitative estimate of drug-likeness (QED) is 0.439. The van der Waals surface area contributed by atoms with Gasteiger partial charge in [-0.15, -0.1) is 11.3 Å². The van der Waals surface area contributed by atoms with E-state index in [2.05, 4.69) is 15.6 Å². The third kappa shape index (κ3) is 3.68.